The summed E-state index contributed by atoms with van der Waals surface area (Å²) in [6.07, 6.45) is -1.49. The summed E-state index contributed by atoms with van der Waals surface area (Å²) in [6, 6.07) is 23.3. The molecule has 170 valence electrons. The summed E-state index contributed by atoms with van der Waals surface area (Å²) in [4.78, 5) is 24.9. The molecular weight excluding hydrogens is 423 g/mol. The van der Waals surface area contributed by atoms with Crippen LogP contribution in [-0.2, 0) is 22.4 Å². The van der Waals surface area contributed by atoms with Gasteiger partial charge in [-0.2, -0.15) is 0 Å². The number of ether oxygens (including phenoxy) is 2. The van der Waals surface area contributed by atoms with Crippen molar-refractivity contribution in [2.45, 2.75) is 13.1 Å². The van der Waals surface area contributed by atoms with Gasteiger partial charge in [-0.05, 0) is 12.1 Å². The van der Waals surface area contributed by atoms with Crippen molar-refractivity contribution >= 4 is 24.8 Å². The Morgan fingerprint density at radius 2 is 1.09 bits per heavy atom. The first-order valence-corrected chi connectivity index (χ1v) is 10.3. The second-order valence-electron chi connectivity index (χ2n) is 6.88. The highest BCUT2D eigenvalue weighted by molar-refractivity contribution is 6.64. The summed E-state index contributed by atoms with van der Waals surface area (Å²) in [6.45, 7) is 0.370. The zero-order valence-corrected chi connectivity index (χ0v) is 18.4. The number of methoxy groups -OCH3 is 2. The Morgan fingerprint density at radius 1 is 0.667 bits per heavy atom. The van der Waals surface area contributed by atoms with Gasteiger partial charge in [-0.15, -0.1) is 0 Å². The van der Waals surface area contributed by atoms with Gasteiger partial charge in [0.2, 0.25) is 0 Å². The van der Waals surface area contributed by atoms with Crippen LogP contribution in [0.3, 0.4) is 0 Å². The van der Waals surface area contributed by atoms with Crippen molar-refractivity contribution < 1.29 is 28.4 Å². The van der Waals surface area contributed by atoms with Gasteiger partial charge in [-0.1, -0.05) is 66.7 Å². The number of hydrogen-bond acceptors (Lipinski definition) is 6. The third kappa shape index (κ3) is 6.93. The Hall–Kier alpha value is -4.14. The molecule has 0 aromatic heterocycles. The van der Waals surface area contributed by atoms with Crippen LogP contribution in [0.1, 0.15) is 11.1 Å². The molecule has 0 fully saturated rings. The number of carbonyl (C=O) groups excluding carboxylic acids is 2. The number of carbonyl (C=O) groups is 2. The van der Waals surface area contributed by atoms with E-state index in [2.05, 4.69) is 10.6 Å². The van der Waals surface area contributed by atoms with Gasteiger partial charge in [0.05, 0.1) is 14.2 Å². The standard InChI is InChI=1S/C24H25BN2O6/c1-30-21-14-8-6-10-18(21)16-26-23(28)32-25(20-12-4-3-5-13-20)33-24(29)27-17-19-11-7-9-15-22(19)31-2/h3-15H,16-17H2,1-2H3,(H,26,28)(H,27,29). The Bertz CT molecular complexity index is 998. The lowest BCUT2D eigenvalue weighted by Gasteiger charge is -2.16. The van der Waals surface area contributed by atoms with Crippen molar-refractivity contribution in [3.05, 3.63) is 90.0 Å². The van der Waals surface area contributed by atoms with E-state index in [9.17, 15) is 9.59 Å². The van der Waals surface area contributed by atoms with Crippen LogP contribution in [0, 0.1) is 0 Å². The molecule has 2 amide bonds. The van der Waals surface area contributed by atoms with Gasteiger partial charge in [0, 0.05) is 29.7 Å². The second kappa shape index (κ2) is 12.0. The lowest BCUT2D eigenvalue weighted by molar-refractivity contribution is 0.174. The monoisotopic (exact) mass is 448 g/mol. The van der Waals surface area contributed by atoms with Crippen molar-refractivity contribution in [2.75, 3.05) is 14.2 Å². The van der Waals surface area contributed by atoms with E-state index in [-0.39, 0.29) is 13.1 Å². The minimum absolute atomic E-state index is 0.185. The van der Waals surface area contributed by atoms with E-state index in [0.717, 1.165) is 11.1 Å². The third-order valence-electron chi connectivity index (χ3n) is 4.73. The number of benzene rings is 3. The quantitative estimate of drug-likeness (QED) is 0.488. The fourth-order valence-electron chi connectivity index (χ4n) is 3.08. The molecule has 0 saturated heterocycles. The van der Waals surface area contributed by atoms with E-state index in [1.165, 1.54) is 0 Å². The molecule has 0 aliphatic rings. The molecule has 3 aromatic carbocycles. The summed E-state index contributed by atoms with van der Waals surface area (Å²) in [5.41, 5.74) is 2.07. The Labute approximate surface area is 193 Å². The van der Waals surface area contributed by atoms with E-state index >= 15 is 0 Å². The van der Waals surface area contributed by atoms with E-state index in [0.29, 0.717) is 17.0 Å². The van der Waals surface area contributed by atoms with Crippen LogP contribution < -0.4 is 25.6 Å². The first-order valence-electron chi connectivity index (χ1n) is 10.3. The van der Waals surface area contributed by atoms with Crippen LogP contribution in [0.4, 0.5) is 9.59 Å². The first-order chi connectivity index (χ1) is 16.1. The second-order valence-corrected chi connectivity index (χ2v) is 6.88. The lowest BCUT2D eigenvalue weighted by atomic mass is 9.79. The molecule has 0 atom stereocenters. The van der Waals surface area contributed by atoms with Crippen LogP contribution in [-0.4, -0.2) is 33.5 Å². The summed E-state index contributed by atoms with van der Waals surface area (Å²) in [5, 5.41) is 5.30. The van der Waals surface area contributed by atoms with Crippen molar-refractivity contribution in [1.82, 2.24) is 10.6 Å². The van der Waals surface area contributed by atoms with E-state index < -0.39 is 19.3 Å². The predicted molar refractivity (Wildman–Crippen MR) is 124 cm³/mol. The highest BCUT2D eigenvalue weighted by Crippen LogP contribution is 2.17. The summed E-state index contributed by atoms with van der Waals surface area (Å²) in [5.74, 6) is 1.29. The minimum Gasteiger partial charge on any atom is -0.496 e. The molecule has 0 saturated carbocycles. The highest BCUT2D eigenvalue weighted by atomic mass is 16.7. The maximum absolute atomic E-state index is 12.4. The molecule has 0 spiro atoms. The molecule has 0 aliphatic heterocycles. The molecule has 0 radical (unpaired) electrons. The maximum atomic E-state index is 12.4. The van der Waals surface area contributed by atoms with Crippen molar-refractivity contribution in [1.29, 1.82) is 0 Å². The van der Waals surface area contributed by atoms with Crippen molar-refractivity contribution in [2.24, 2.45) is 0 Å². The maximum Gasteiger partial charge on any atom is 0.639 e. The number of nitrogens with one attached hydrogen (secondary N) is 2. The van der Waals surface area contributed by atoms with Crippen LogP contribution in [0.25, 0.3) is 0 Å². The van der Waals surface area contributed by atoms with Crippen LogP contribution in [0.15, 0.2) is 78.9 Å². The SMILES string of the molecule is COc1ccccc1CNC(=O)OB(OC(=O)NCc1ccccc1OC)c1ccccc1. The number of hydrogen-bond donors (Lipinski definition) is 2. The lowest BCUT2D eigenvalue weighted by Crippen LogP contribution is -2.45. The minimum atomic E-state index is -1.23. The molecule has 0 bridgehead atoms. The van der Waals surface area contributed by atoms with Crippen molar-refractivity contribution in [3.8, 4) is 11.5 Å². The first kappa shape index (κ1) is 23.5. The zero-order chi connectivity index (χ0) is 23.5. The fraction of sp³-hybridized carbons (Fsp3) is 0.167. The topological polar surface area (TPSA) is 95.1 Å². The Morgan fingerprint density at radius 3 is 1.55 bits per heavy atom. The van der Waals surface area contributed by atoms with Gasteiger partial charge in [0.15, 0.2) is 0 Å². The van der Waals surface area contributed by atoms with Gasteiger partial charge in [-0.25, -0.2) is 9.59 Å². The number of rotatable bonds is 9. The van der Waals surface area contributed by atoms with Gasteiger partial charge in [-0.3, -0.25) is 0 Å². The fourth-order valence-corrected chi connectivity index (χ4v) is 3.08. The number of amides is 2. The largest absolute Gasteiger partial charge is 0.639 e. The van der Waals surface area contributed by atoms with Gasteiger partial charge in [0.25, 0.3) is 0 Å². The zero-order valence-electron chi connectivity index (χ0n) is 18.4. The molecule has 2 N–H and O–H groups in total. The summed E-state index contributed by atoms with van der Waals surface area (Å²) in [7, 11) is 1.88. The summed E-state index contributed by atoms with van der Waals surface area (Å²) >= 11 is 0. The van der Waals surface area contributed by atoms with Gasteiger partial charge in [0.1, 0.15) is 11.5 Å². The predicted octanol–water partition coefficient (Wildman–Crippen LogP) is 3.25. The molecule has 3 rings (SSSR count). The Balaban J connectivity index is 1.61. The highest BCUT2D eigenvalue weighted by Gasteiger charge is 2.30. The Kier molecular flexibility index (Phi) is 8.59. The molecule has 8 nitrogen and oxygen atoms in total. The van der Waals surface area contributed by atoms with Gasteiger partial charge < -0.3 is 29.4 Å². The van der Waals surface area contributed by atoms with Crippen molar-refractivity contribution in [3.63, 3.8) is 0 Å². The molecular formula is C24H25BN2O6. The normalized spacial score (nSPS) is 10.0. The summed E-state index contributed by atoms with van der Waals surface area (Å²) < 4.78 is 21.4. The third-order valence-corrected chi connectivity index (χ3v) is 4.73. The van der Waals surface area contributed by atoms with E-state index in [4.69, 9.17) is 18.8 Å². The van der Waals surface area contributed by atoms with Crippen LogP contribution in [0.2, 0.25) is 0 Å². The van der Waals surface area contributed by atoms with E-state index in [1.807, 2.05) is 42.5 Å². The molecule has 0 aliphatic carbocycles. The molecule has 0 heterocycles. The average molecular weight is 448 g/mol. The van der Waals surface area contributed by atoms with Gasteiger partial charge >= 0.3 is 19.3 Å². The van der Waals surface area contributed by atoms with Crippen LogP contribution in [0.5, 0.6) is 11.5 Å². The molecule has 9 heteroatoms. The average Bonchev–Trinajstić information content (AvgIpc) is 2.86. The molecule has 3 aromatic rings. The smallest absolute Gasteiger partial charge is 0.496 e. The molecule has 0 unspecified atom stereocenters. The molecule has 33 heavy (non-hydrogen) atoms. The van der Waals surface area contributed by atoms with E-state index in [1.54, 1.807) is 50.6 Å². The number of para-hydroxylation sites is 2. The van der Waals surface area contributed by atoms with Crippen LogP contribution >= 0.6 is 0 Å².